The number of methoxy groups -OCH3 is 1. The van der Waals surface area contributed by atoms with E-state index in [1.54, 1.807) is 0 Å². The van der Waals surface area contributed by atoms with Gasteiger partial charge in [0.2, 0.25) is 0 Å². The molecule has 0 saturated carbocycles. The van der Waals surface area contributed by atoms with E-state index in [9.17, 15) is 22.4 Å². The molecule has 0 aliphatic rings. The first kappa shape index (κ1) is 14.0. The zero-order valence-electron chi connectivity index (χ0n) is 8.92. The fourth-order valence-corrected chi connectivity index (χ4v) is 1.13. The molecule has 0 aliphatic carbocycles. The van der Waals surface area contributed by atoms with E-state index < -0.39 is 41.9 Å². The van der Waals surface area contributed by atoms with E-state index in [0.29, 0.717) is 6.07 Å². The van der Waals surface area contributed by atoms with Crippen LogP contribution in [0.3, 0.4) is 0 Å². The van der Waals surface area contributed by atoms with Crippen LogP contribution in [0.2, 0.25) is 0 Å². The van der Waals surface area contributed by atoms with E-state index in [1.165, 1.54) is 0 Å². The highest BCUT2D eigenvalue weighted by molar-refractivity contribution is 5.88. The lowest BCUT2D eigenvalue weighted by Gasteiger charge is -2.13. The first-order valence-corrected chi connectivity index (χ1v) is 4.41. The Morgan fingerprint density at radius 3 is 2.44 bits per heavy atom. The number of hydrogen-bond donors (Lipinski definition) is 1. The molecule has 0 saturated heterocycles. The lowest BCUT2D eigenvalue weighted by atomic mass is 10.2. The molecule has 0 atom stereocenters. The number of carboxylic acids is 1. The van der Waals surface area contributed by atoms with Crippen LogP contribution in [0.5, 0.6) is 11.5 Å². The summed E-state index contributed by atoms with van der Waals surface area (Å²) in [4.78, 5) is 13.9. The average molecular weight is 269 g/mol. The molecule has 0 aliphatic heterocycles. The Hall–Kier alpha value is -2.06. The van der Waals surface area contributed by atoms with Crippen LogP contribution in [0.1, 0.15) is 16.2 Å². The summed E-state index contributed by atoms with van der Waals surface area (Å²) in [7, 11) is 1.04. The fraction of sp³-hybridized carbons (Fsp3) is 0.333. The second-order valence-corrected chi connectivity index (χ2v) is 2.97. The van der Waals surface area contributed by atoms with Crippen LogP contribution < -0.4 is 9.47 Å². The number of carbonyl (C=O) groups is 1. The van der Waals surface area contributed by atoms with Crippen LogP contribution in [0, 0.1) is 0 Å². The monoisotopic (exact) mass is 269 g/mol. The summed E-state index contributed by atoms with van der Waals surface area (Å²) in [6, 6.07) is 0.624. The molecule has 0 spiro atoms. The van der Waals surface area contributed by atoms with Crippen molar-refractivity contribution < 1.29 is 36.9 Å². The molecule has 1 N–H and O–H groups in total. The van der Waals surface area contributed by atoms with Gasteiger partial charge in [0.15, 0.2) is 17.2 Å². The molecular formula is C9H7F4NO4. The van der Waals surface area contributed by atoms with Crippen LogP contribution >= 0.6 is 0 Å². The molecule has 0 fully saturated rings. The molecule has 9 heteroatoms. The zero-order chi connectivity index (χ0) is 13.9. The molecule has 1 heterocycles. The second kappa shape index (κ2) is 5.07. The van der Waals surface area contributed by atoms with Gasteiger partial charge in [-0.15, -0.1) is 13.2 Å². The van der Waals surface area contributed by atoms with Gasteiger partial charge in [-0.25, -0.2) is 14.2 Å². The first-order chi connectivity index (χ1) is 8.28. The zero-order valence-corrected chi connectivity index (χ0v) is 8.92. The van der Waals surface area contributed by atoms with Gasteiger partial charge in [0.05, 0.1) is 7.11 Å². The minimum atomic E-state index is -5.04. The van der Waals surface area contributed by atoms with Gasteiger partial charge in [0, 0.05) is 6.07 Å². The van der Waals surface area contributed by atoms with Crippen molar-refractivity contribution in [3.63, 3.8) is 0 Å². The summed E-state index contributed by atoms with van der Waals surface area (Å²) >= 11 is 0. The number of rotatable bonds is 4. The fourth-order valence-electron chi connectivity index (χ4n) is 1.13. The van der Waals surface area contributed by atoms with Crippen LogP contribution in [0.4, 0.5) is 17.6 Å². The van der Waals surface area contributed by atoms with Gasteiger partial charge in [-0.3, -0.25) is 0 Å². The number of aromatic nitrogens is 1. The molecule has 1 aromatic heterocycles. The predicted molar refractivity (Wildman–Crippen MR) is 49.2 cm³/mol. The number of halogens is 4. The van der Waals surface area contributed by atoms with Gasteiger partial charge < -0.3 is 14.6 Å². The second-order valence-electron chi connectivity index (χ2n) is 2.97. The summed E-state index contributed by atoms with van der Waals surface area (Å²) in [5.41, 5.74) is -1.47. The Labute approximate surface area is 98.0 Å². The largest absolute Gasteiger partial charge is 0.573 e. The Bertz CT molecular complexity index is 461. The Morgan fingerprint density at radius 1 is 1.44 bits per heavy atom. The van der Waals surface area contributed by atoms with Crippen LogP contribution in [-0.4, -0.2) is 29.5 Å². The summed E-state index contributed by atoms with van der Waals surface area (Å²) < 4.78 is 56.6. The maximum absolute atomic E-state index is 12.5. The summed E-state index contributed by atoms with van der Waals surface area (Å²) in [6.45, 7) is -1.41. The number of nitrogens with zero attached hydrogens (tertiary/aromatic N) is 1. The number of hydrogen-bond acceptors (Lipinski definition) is 4. The van der Waals surface area contributed by atoms with Crippen LogP contribution in [0.15, 0.2) is 6.07 Å². The van der Waals surface area contributed by atoms with Crippen molar-refractivity contribution in [2.75, 3.05) is 7.11 Å². The van der Waals surface area contributed by atoms with Gasteiger partial charge >= 0.3 is 12.3 Å². The maximum atomic E-state index is 12.5. The van der Waals surface area contributed by atoms with Crippen molar-refractivity contribution in [3.8, 4) is 11.5 Å². The van der Waals surface area contributed by atoms with Gasteiger partial charge in [-0.05, 0) is 0 Å². The Balaban J connectivity index is 3.30. The number of ether oxygens (including phenoxy) is 2. The van der Waals surface area contributed by atoms with E-state index in [4.69, 9.17) is 5.11 Å². The summed E-state index contributed by atoms with van der Waals surface area (Å²) in [6.07, 6.45) is -5.04. The van der Waals surface area contributed by atoms with E-state index in [1.807, 2.05) is 0 Å². The van der Waals surface area contributed by atoms with Crippen molar-refractivity contribution in [3.05, 3.63) is 17.5 Å². The van der Waals surface area contributed by atoms with Crippen molar-refractivity contribution >= 4 is 5.97 Å². The summed E-state index contributed by atoms with van der Waals surface area (Å²) in [5, 5.41) is 8.71. The van der Waals surface area contributed by atoms with E-state index in [-0.39, 0.29) is 0 Å². The third kappa shape index (κ3) is 3.22. The molecule has 0 bridgehead atoms. The third-order valence-corrected chi connectivity index (χ3v) is 1.80. The maximum Gasteiger partial charge on any atom is 0.573 e. The SMILES string of the molecule is COc1cc(OC(F)(F)F)c(CF)nc1C(=O)O. The van der Waals surface area contributed by atoms with Gasteiger partial charge in [0.25, 0.3) is 0 Å². The van der Waals surface area contributed by atoms with Gasteiger partial charge in [0.1, 0.15) is 12.4 Å². The number of alkyl halides is 4. The number of pyridine rings is 1. The highest BCUT2D eigenvalue weighted by Gasteiger charge is 2.33. The smallest absolute Gasteiger partial charge is 0.494 e. The molecule has 5 nitrogen and oxygen atoms in total. The topological polar surface area (TPSA) is 68.7 Å². The molecule has 1 rings (SSSR count). The van der Waals surface area contributed by atoms with Crippen molar-refractivity contribution in [1.82, 2.24) is 4.98 Å². The molecule has 18 heavy (non-hydrogen) atoms. The van der Waals surface area contributed by atoms with Crippen molar-refractivity contribution in [1.29, 1.82) is 0 Å². The van der Waals surface area contributed by atoms with Crippen LogP contribution in [-0.2, 0) is 6.67 Å². The highest BCUT2D eigenvalue weighted by Crippen LogP contribution is 2.31. The first-order valence-electron chi connectivity index (χ1n) is 4.41. The predicted octanol–water partition coefficient (Wildman–Crippen LogP) is 2.16. The number of aromatic carboxylic acids is 1. The average Bonchev–Trinajstić information content (AvgIpc) is 2.25. The van der Waals surface area contributed by atoms with E-state index in [0.717, 1.165) is 7.11 Å². The summed E-state index contributed by atoms with van der Waals surface area (Å²) in [5.74, 6) is -2.95. The highest BCUT2D eigenvalue weighted by atomic mass is 19.4. The van der Waals surface area contributed by atoms with Crippen LogP contribution in [0.25, 0.3) is 0 Å². The molecule has 0 aromatic carbocycles. The third-order valence-electron chi connectivity index (χ3n) is 1.80. The Kier molecular flexibility index (Phi) is 3.94. The van der Waals surface area contributed by atoms with E-state index >= 15 is 0 Å². The molecular weight excluding hydrogens is 262 g/mol. The molecule has 0 unspecified atom stereocenters. The molecule has 100 valence electrons. The molecule has 0 radical (unpaired) electrons. The van der Waals surface area contributed by atoms with Crippen molar-refractivity contribution in [2.24, 2.45) is 0 Å². The molecule has 0 amide bonds. The minimum absolute atomic E-state index is 0.459. The quantitative estimate of drug-likeness (QED) is 0.848. The molecule has 1 aromatic rings. The van der Waals surface area contributed by atoms with Crippen molar-refractivity contribution in [2.45, 2.75) is 13.0 Å². The van der Waals surface area contributed by atoms with Gasteiger partial charge in [-0.2, -0.15) is 0 Å². The Morgan fingerprint density at radius 2 is 2.06 bits per heavy atom. The minimum Gasteiger partial charge on any atom is -0.494 e. The number of carboxylic acid groups (broad SMARTS) is 1. The van der Waals surface area contributed by atoms with Gasteiger partial charge in [-0.1, -0.05) is 0 Å². The lowest BCUT2D eigenvalue weighted by Crippen LogP contribution is -2.19. The lowest BCUT2D eigenvalue weighted by molar-refractivity contribution is -0.275. The normalized spacial score (nSPS) is 11.2. The standard InChI is InChI=1S/C9H7F4NO4/c1-17-6-2-5(18-9(11,12)13)4(3-10)14-7(6)8(15)16/h2H,3H2,1H3,(H,15,16). The van der Waals surface area contributed by atoms with E-state index in [2.05, 4.69) is 14.5 Å².